The van der Waals surface area contributed by atoms with E-state index in [1.165, 1.54) is 24.8 Å². The highest BCUT2D eigenvalue weighted by atomic mass is 35.5. The Morgan fingerprint density at radius 1 is 1.22 bits per heavy atom. The van der Waals surface area contributed by atoms with Crippen LogP contribution in [0.3, 0.4) is 0 Å². The van der Waals surface area contributed by atoms with E-state index in [1.807, 2.05) is 0 Å². The minimum absolute atomic E-state index is 0.0268. The highest BCUT2D eigenvalue weighted by Crippen LogP contribution is 2.39. The third-order valence-corrected chi connectivity index (χ3v) is 9.06. The smallest absolute Gasteiger partial charge is 0.408 e. The van der Waals surface area contributed by atoms with Gasteiger partial charge in [0.2, 0.25) is 0 Å². The Balaban J connectivity index is 1.86. The van der Waals surface area contributed by atoms with Crippen LogP contribution in [0.15, 0.2) is 12.3 Å². The molecular formula is C25H33ClF5N5O4S. The molecule has 2 N–H and O–H groups in total. The van der Waals surface area contributed by atoms with E-state index in [-0.39, 0.29) is 46.8 Å². The van der Waals surface area contributed by atoms with Crippen molar-refractivity contribution in [1.29, 1.82) is 0 Å². The number of ether oxygens (including phenoxy) is 1. The van der Waals surface area contributed by atoms with Gasteiger partial charge < -0.3 is 15.4 Å². The number of aryl methyl sites for hydroxylation is 1. The first-order chi connectivity index (χ1) is 19.0. The van der Waals surface area contributed by atoms with Gasteiger partial charge in [0.1, 0.15) is 27.4 Å². The Hall–Kier alpha value is -2.68. The van der Waals surface area contributed by atoms with Gasteiger partial charge >= 0.3 is 12.8 Å². The maximum Gasteiger partial charge on any atom is 0.408 e. The van der Waals surface area contributed by atoms with E-state index in [0.717, 1.165) is 12.3 Å². The number of nitrogens with zero attached hydrogens (tertiary/aromatic N) is 3. The summed E-state index contributed by atoms with van der Waals surface area (Å²) in [6.45, 7) is 1.48. The number of aromatic nitrogens is 3. The van der Waals surface area contributed by atoms with Gasteiger partial charge in [-0.1, -0.05) is 25.4 Å². The summed E-state index contributed by atoms with van der Waals surface area (Å²) in [6, 6.07) is -1.08. The summed E-state index contributed by atoms with van der Waals surface area (Å²) in [5.41, 5.74) is -0.254. The molecule has 2 aromatic heterocycles. The lowest BCUT2D eigenvalue weighted by Gasteiger charge is -2.27. The molecule has 0 spiro atoms. The molecule has 1 fully saturated rings. The second-order valence-corrected chi connectivity index (χ2v) is 13.1. The van der Waals surface area contributed by atoms with Crippen molar-refractivity contribution in [3.63, 3.8) is 0 Å². The second-order valence-electron chi connectivity index (χ2n) is 10.4. The second kappa shape index (κ2) is 13.1. The number of anilines is 1. The van der Waals surface area contributed by atoms with Crippen LogP contribution in [0.25, 0.3) is 11.3 Å². The number of carbonyl (C=O) groups is 1. The van der Waals surface area contributed by atoms with Crippen LogP contribution < -0.4 is 15.4 Å². The summed E-state index contributed by atoms with van der Waals surface area (Å²) in [6.07, 6.45) is -0.144. The maximum absolute atomic E-state index is 13.5. The van der Waals surface area contributed by atoms with Crippen LogP contribution in [0.5, 0.6) is 5.75 Å². The third kappa shape index (κ3) is 8.21. The number of nitrogens with one attached hydrogen (secondary N) is 2. The molecule has 0 aromatic carbocycles. The van der Waals surface area contributed by atoms with Gasteiger partial charge in [0, 0.05) is 31.6 Å². The predicted octanol–water partition coefficient (Wildman–Crippen LogP) is 5.55. The van der Waals surface area contributed by atoms with Gasteiger partial charge in [0.25, 0.3) is 5.91 Å². The third-order valence-electron chi connectivity index (χ3n) is 7.02. The van der Waals surface area contributed by atoms with E-state index in [4.69, 9.17) is 11.6 Å². The average Bonchev–Trinajstić information content (AvgIpc) is 3.20. The van der Waals surface area contributed by atoms with Crippen LogP contribution in [0.1, 0.15) is 56.9 Å². The molecule has 1 atom stereocenters. The number of carbonyl (C=O) groups excluding carboxylic acids is 1. The van der Waals surface area contributed by atoms with E-state index in [2.05, 4.69) is 25.5 Å². The summed E-state index contributed by atoms with van der Waals surface area (Å²) in [5, 5.41) is 8.62. The van der Waals surface area contributed by atoms with Gasteiger partial charge in [0.05, 0.1) is 21.5 Å². The van der Waals surface area contributed by atoms with Gasteiger partial charge in [-0.3, -0.25) is 9.48 Å². The fraction of sp³-hybridized carbons (Fsp3) is 0.640. The molecule has 0 unspecified atom stereocenters. The van der Waals surface area contributed by atoms with E-state index in [1.54, 1.807) is 6.92 Å². The molecule has 41 heavy (non-hydrogen) atoms. The van der Waals surface area contributed by atoms with Crippen molar-refractivity contribution in [2.45, 2.75) is 77.1 Å². The largest absolute Gasteiger partial charge is 0.434 e. The number of pyridine rings is 1. The van der Waals surface area contributed by atoms with Gasteiger partial charge in [-0.05, 0) is 44.4 Å². The first-order valence-corrected chi connectivity index (χ1v) is 15.4. The van der Waals surface area contributed by atoms with Crippen molar-refractivity contribution in [2.24, 2.45) is 11.8 Å². The van der Waals surface area contributed by atoms with E-state index >= 15 is 0 Å². The van der Waals surface area contributed by atoms with E-state index in [9.17, 15) is 35.2 Å². The summed E-state index contributed by atoms with van der Waals surface area (Å²) in [5.74, 6) is -2.30. The normalized spacial score (nSPS) is 18.9. The molecule has 0 radical (unpaired) electrons. The van der Waals surface area contributed by atoms with Crippen LogP contribution >= 0.6 is 11.6 Å². The lowest BCUT2D eigenvalue weighted by molar-refractivity contribution is -0.150. The minimum Gasteiger partial charge on any atom is -0.434 e. The van der Waals surface area contributed by atoms with Crippen LogP contribution in [-0.4, -0.2) is 66.0 Å². The molecule has 16 heteroatoms. The molecule has 0 saturated heterocycles. The first kappa shape index (κ1) is 32.8. The minimum atomic E-state index is -4.63. The van der Waals surface area contributed by atoms with Crippen molar-refractivity contribution in [1.82, 2.24) is 20.1 Å². The monoisotopic (exact) mass is 629 g/mol. The fourth-order valence-electron chi connectivity index (χ4n) is 4.83. The predicted molar refractivity (Wildman–Crippen MR) is 144 cm³/mol. The number of rotatable bonds is 11. The zero-order valence-corrected chi connectivity index (χ0v) is 24.5. The van der Waals surface area contributed by atoms with Crippen molar-refractivity contribution in [2.75, 3.05) is 18.1 Å². The maximum atomic E-state index is 13.5. The molecule has 2 heterocycles. The quantitative estimate of drug-likeness (QED) is 0.313. The summed E-state index contributed by atoms with van der Waals surface area (Å²) >= 11 is 6.52. The Bertz CT molecular complexity index is 1330. The van der Waals surface area contributed by atoms with E-state index < -0.39 is 51.5 Å². The molecule has 3 rings (SSSR count). The van der Waals surface area contributed by atoms with Gasteiger partial charge in [-0.25, -0.2) is 13.4 Å². The Morgan fingerprint density at radius 3 is 2.37 bits per heavy atom. The molecule has 1 amide bonds. The van der Waals surface area contributed by atoms with Crippen molar-refractivity contribution in [3.8, 4) is 17.0 Å². The molecule has 230 valence electrons. The number of sulfone groups is 1. The lowest BCUT2D eigenvalue weighted by Crippen LogP contribution is -2.40. The Kier molecular flexibility index (Phi) is 10.5. The number of hydrogen-bond acceptors (Lipinski definition) is 7. The molecule has 0 aliphatic heterocycles. The fourth-order valence-corrected chi connectivity index (χ4v) is 6.28. The number of amides is 1. The number of alkyl halides is 5. The summed E-state index contributed by atoms with van der Waals surface area (Å²) < 4.78 is 96.4. The zero-order valence-electron chi connectivity index (χ0n) is 22.9. The summed E-state index contributed by atoms with van der Waals surface area (Å²) in [4.78, 5) is 17.0. The van der Waals surface area contributed by atoms with Gasteiger partial charge in [-0.2, -0.15) is 27.1 Å². The molecule has 0 bridgehead atoms. The molecule has 1 aliphatic carbocycles. The van der Waals surface area contributed by atoms with Gasteiger partial charge in [0.15, 0.2) is 5.69 Å². The van der Waals surface area contributed by atoms with Crippen LogP contribution in [0.4, 0.5) is 27.8 Å². The number of hydrogen-bond donors (Lipinski definition) is 2. The molecule has 1 aliphatic rings. The topological polar surface area (TPSA) is 115 Å². The molecular weight excluding hydrogens is 597 g/mol. The van der Waals surface area contributed by atoms with Crippen molar-refractivity contribution < 1.29 is 39.9 Å². The molecule has 9 nitrogen and oxygen atoms in total. The highest BCUT2D eigenvalue weighted by Gasteiger charge is 2.42. The lowest BCUT2D eigenvalue weighted by atomic mass is 9.89. The van der Waals surface area contributed by atoms with Crippen LogP contribution in [0, 0.1) is 11.8 Å². The number of halogens is 6. The zero-order chi connectivity index (χ0) is 30.7. The standard InChI is InChI=1S/C25H33ClF5N5O4S/c1-5-36-21(16-12-32-18(10-17(16)40-24(27)28)34-22(13(2)3)25(29,30)31)19(26)20(35-36)23(37)33-11-14-6-8-15(9-7-14)41(4,38)39/h10,12-15,22,24H,5-9,11H2,1-4H3,(H,32,34)(H,33,37)/t14?,15?,22-/m0/s1. The van der Waals surface area contributed by atoms with Crippen LogP contribution in [-0.2, 0) is 16.4 Å². The Labute approximate surface area is 240 Å². The molecule has 1 saturated carbocycles. The molecule has 2 aromatic rings. The van der Waals surface area contributed by atoms with E-state index in [0.29, 0.717) is 25.7 Å². The Morgan fingerprint density at radius 2 is 1.85 bits per heavy atom. The van der Waals surface area contributed by atoms with Gasteiger partial charge in [-0.15, -0.1) is 0 Å². The van der Waals surface area contributed by atoms with Crippen molar-refractivity contribution in [3.05, 3.63) is 23.0 Å². The van der Waals surface area contributed by atoms with Crippen LogP contribution in [0.2, 0.25) is 5.02 Å². The SMILES string of the molecule is CCn1nc(C(=O)NCC2CCC(S(C)(=O)=O)CC2)c(Cl)c1-c1cnc(N[C@@H](C(C)C)C(F)(F)F)cc1OC(F)F. The van der Waals surface area contributed by atoms with Crippen molar-refractivity contribution >= 4 is 33.2 Å². The highest BCUT2D eigenvalue weighted by molar-refractivity contribution is 7.91. The average molecular weight is 630 g/mol. The first-order valence-electron chi connectivity index (χ1n) is 13.0. The summed E-state index contributed by atoms with van der Waals surface area (Å²) in [7, 11) is -3.12.